The monoisotopic (exact) mass is 426 g/mol. The number of aliphatic imine (C=N–C) groups is 1. The lowest BCUT2D eigenvalue weighted by Gasteiger charge is -2.13. The quantitative estimate of drug-likeness (QED) is 0.303. The van der Waals surface area contributed by atoms with Crippen molar-refractivity contribution in [2.24, 2.45) is 4.99 Å². The number of alkyl halides is 3. The lowest BCUT2D eigenvalue weighted by atomic mass is 10.0. The molecule has 3 rings (SSSR count). The highest BCUT2D eigenvalue weighted by molar-refractivity contribution is 5.66. The standard InChI is InChI=1S/C25H25F3N2O/c1-5-30(4)16-29-23-14-18(3)24(15-17(23)2)31-22-12-8-20(9-13-22)19-6-10-21(11-7-19)25(26,27)28/h6-16H,5H2,1-4H3/b29-16-. The van der Waals surface area contributed by atoms with Crippen molar-refractivity contribution in [3.8, 4) is 22.6 Å². The molecule has 0 atom stereocenters. The van der Waals surface area contributed by atoms with Crippen molar-refractivity contribution in [3.63, 3.8) is 0 Å². The molecule has 0 bridgehead atoms. The molecule has 31 heavy (non-hydrogen) atoms. The molecule has 0 N–H and O–H groups in total. The second kappa shape index (κ2) is 9.25. The van der Waals surface area contributed by atoms with Crippen molar-refractivity contribution in [1.29, 1.82) is 0 Å². The summed E-state index contributed by atoms with van der Waals surface area (Å²) in [5.74, 6) is 1.39. The molecular formula is C25H25F3N2O. The zero-order valence-corrected chi connectivity index (χ0v) is 18.0. The van der Waals surface area contributed by atoms with Crippen LogP contribution in [0.4, 0.5) is 18.9 Å². The second-order valence-corrected chi connectivity index (χ2v) is 7.42. The molecule has 0 heterocycles. The van der Waals surface area contributed by atoms with Crippen LogP contribution in [-0.4, -0.2) is 24.8 Å². The maximum Gasteiger partial charge on any atom is 0.416 e. The Balaban J connectivity index is 1.75. The molecule has 0 aliphatic heterocycles. The summed E-state index contributed by atoms with van der Waals surface area (Å²) in [7, 11) is 1.97. The Morgan fingerprint density at radius 2 is 1.48 bits per heavy atom. The number of hydrogen-bond acceptors (Lipinski definition) is 2. The Hall–Kier alpha value is -3.28. The normalized spacial score (nSPS) is 11.7. The predicted octanol–water partition coefficient (Wildman–Crippen LogP) is 7.39. The minimum atomic E-state index is -4.33. The first-order valence-corrected chi connectivity index (χ1v) is 9.98. The summed E-state index contributed by atoms with van der Waals surface area (Å²) in [6.45, 7) is 6.89. The van der Waals surface area contributed by atoms with Gasteiger partial charge in [-0.3, -0.25) is 0 Å². The van der Waals surface area contributed by atoms with Crippen LogP contribution in [0.15, 0.2) is 65.7 Å². The third-order valence-corrected chi connectivity index (χ3v) is 5.01. The first-order valence-electron chi connectivity index (χ1n) is 9.98. The van der Waals surface area contributed by atoms with E-state index in [9.17, 15) is 13.2 Å². The lowest BCUT2D eigenvalue weighted by molar-refractivity contribution is -0.137. The topological polar surface area (TPSA) is 24.8 Å². The number of benzene rings is 3. The van der Waals surface area contributed by atoms with Crippen LogP contribution in [0.25, 0.3) is 11.1 Å². The van der Waals surface area contributed by atoms with Gasteiger partial charge < -0.3 is 9.64 Å². The van der Waals surface area contributed by atoms with Gasteiger partial charge >= 0.3 is 6.18 Å². The Kier molecular flexibility index (Phi) is 6.68. The largest absolute Gasteiger partial charge is 0.457 e. The maximum atomic E-state index is 12.7. The minimum Gasteiger partial charge on any atom is -0.457 e. The van der Waals surface area contributed by atoms with Crippen LogP contribution in [0.1, 0.15) is 23.6 Å². The molecule has 6 heteroatoms. The van der Waals surface area contributed by atoms with E-state index in [0.717, 1.165) is 46.8 Å². The number of halogens is 3. The van der Waals surface area contributed by atoms with Gasteiger partial charge in [0.1, 0.15) is 11.5 Å². The van der Waals surface area contributed by atoms with E-state index < -0.39 is 11.7 Å². The van der Waals surface area contributed by atoms with E-state index >= 15 is 0 Å². The molecule has 0 fully saturated rings. The van der Waals surface area contributed by atoms with Crippen molar-refractivity contribution >= 4 is 12.0 Å². The summed E-state index contributed by atoms with van der Waals surface area (Å²) in [5, 5.41) is 0. The average molecular weight is 426 g/mol. The molecule has 0 aliphatic rings. The third-order valence-electron chi connectivity index (χ3n) is 5.01. The molecule has 0 amide bonds. The van der Waals surface area contributed by atoms with Crippen LogP contribution in [0, 0.1) is 13.8 Å². The predicted molar refractivity (Wildman–Crippen MR) is 119 cm³/mol. The molecule has 0 aromatic heterocycles. The van der Waals surface area contributed by atoms with Crippen LogP contribution in [0.2, 0.25) is 0 Å². The fraction of sp³-hybridized carbons (Fsp3) is 0.240. The van der Waals surface area contributed by atoms with Crippen molar-refractivity contribution in [1.82, 2.24) is 4.90 Å². The van der Waals surface area contributed by atoms with Crippen molar-refractivity contribution < 1.29 is 17.9 Å². The lowest BCUT2D eigenvalue weighted by Crippen LogP contribution is -2.14. The fourth-order valence-electron chi connectivity index (χ4n) is 2.96. The van der Waals surface area contributed by atoms with Gasteiger partial charge in [-0.25, -0.2) is 4.99 Å². The number of nitrogens with zero attached hydrogens (tertiary/aromatic N) is 2. The van der Waals surface area contributed by atoms with Gasteiger partial charge in [0.15, 0.2) is 0 Å². The van der Waals surface area contributed by atoms with E-state index in [1.165, 1.54) is 12.1 Å². The minimum absolute atomic E-state index is 0.653. The SMILES string of the molecule is CCN(C)/C=N\c1cc(C)c(Oc2ccc(-c3ccc(C(F)(F)F)cc3)cc2)cc1C. The molecule has 0 aliphatic carbocycles. The zero-order chi connectivity index (χ0) is 22.6. The van der Waals surface area contributed by atoms with E-state index in [4.69, 9.17) is 4.74 Å². The molecule has 0 saturated carbocycles. The third kappa shape index (κ3) is 5.66. The van der Waals surface area contributed by atoms with Crippen LogP contribution in [0.5, 0.6) is 11.5 Å². The summed E-state index contributed by atoms with van der Waals surface area (Å²) >= 11 is 0. The number of aryl methyl sites for hydroxylation is 2. The highest BCUT2D eigenvalue weighted by Crippen LogP contribution is 2.34. The molecule has 3 aromatic carbocycles. The smallest absolute Gasteiger partial charge is 0.416 e. The molecule has 3 aromatic rings. The van der Waals surface area contributed by atoms with E-state index in [0.29, 0.717) is 11.3 Å². The van der Waals surface area contributed by atoms with E-state index in [1.54, 1.807) is 0 Å². The van der Waals surface area contributed by atoms with Gasteiger partial charge in [0.2, 0.25) is 0 Å². The molecule has 0 saturated heterocycles. The molecule has 0 radical (unpaired) electrons. The fourth-order valence-corrected chi connectivity index (χ4v) is 2.96. The van der Waals surface area contributed by atoms with Crippen LogP contribution < -0.4 is 4.74 Å². The van der Waals surface area contributed by atoms with Gasteiger partial charge in [0.05, 0.1) is 17.6 Å². The Bertz CT molecular complexity index is 1060. The first-order chi connectivity index (χ1) is 14.7. The summed E-state index contributed by atoms with van der Waals surface area (Å²) < 4.78 is 44.2. The van der Waals surface area contributed by atoms with E-state index in [-0.39, 0.29) is 0 Å². The average Bonchev–Trinajstić information content (AvgIpc) is 2.75. The summed E-state index contributed by atoms with van der Waals surface area (Å²) in [4.78, 5) is 6.52. The molecule has 0 spiro atoms. The highest BCUT2D eigenvalue weighted by atomic mass is 19.4. The zero-order valence-electron chi connectivity index (χ0n) is 18.0. The summed E-state index contributed by atoms with van der Waals surface area (Å²) in [6.07, 6.45) is -2.53. The van der Waals surface area contributed by atoms with E-state index in [1.807, 2.05) is 68.5 Å². The van der Waals surface area contributed by atoms with Crippen molar-refractivity contribution in [2.45, 2.75) is 26.9 Å². The van der Waals surface area contributed by atoms with Crippen LogP contribution in [0.3, 0.4) is 0 Å². The molecular weight excluding hydrogens is 401 g/mol. The number of hydrogen-bond donors (Lipinski definition) is 0. The molecule has 3 nitrogen and oxygen atoms in total. The van der Waals surface area contributed by atoms with Gasteiger partial charge in [0, 0.05) is 13.6 Å². The second-order valence-electron chi connectivity index (χ2n) is 7.42. The van der Waals surface area contributed by atoms with Gasteiger partial charge in [-0.05, 0) is 79.4 Å². The number of rotatable bonds is 6. The van der Waals surface area contributed by atoms with Gasteiger partial charge in [-0.2, -0.15) is 13.2 Å². The first kappa shape index (κ1) is 22.4. The maximum absolute atomic E-state index is 12.7. The van der Waals surface area contributed by atoms with Gasteiger partial charge in [0.25, 0.3) is 0 Å². The van der Waals surface area contributed by atoms with E-state index in [2.05, 4.69) is 11.9 Å². The van der Waals surface area contributed by atoms with Gasteiger partial charge in [-0.15, -0.1) is 0 Å². The van der Waals surface area contributed by atoms with Gasteiger partial charge in [-0.1, -0.05) is 24.3 Å². The Labute approximate surface area is 180 Å². The Morgan fingerprint density at radius 3 is 2.03 bits per heavy atom. The molecule has 0 unspecified atom stereocenters. The van der Waals surface area contributed by atoms with Crippen LogP contribution in [-0.2, 0) is 6.18 Å². The van der Waals surface area contributed by atoms with Crippen molar-refractivity contribution in [2.75, 3.05) is 13.6 Å². The number of ether oxygens (including phenoxy) is 1. The van der Waals surface area contributed by atoms with Crippen LogP contribution >= 0.6 is 0 Å². The summed E-state index contributed by atoms with van der Waals surface area (Å²) in [6, 6.07) is 16.4. The molecule has 162 valence electrons. The Morgan fingerprint density at radius 1 is 0.903 bits per heavy atom. The summed E-state index contributed by atoms with van der Waals surface area (Å²) in [5.41, 5.74) is 3.73. The van der Waals surface area contributed by atoms with Crippen molar-refractivity contribution in [3.05, 3.63) is 77.4 Å². The highest BCUT2D eigenvalue weighted by Gasteiger charge is 2.29.